The van der Waals surface area contributed by atoms with Crippen LogP contribution < -0.4 is 10.1 Å². The van der Waals surface area contributed by atoms with Gasteiger partial charge in [-0.05, 0) is 37.6 Å². The predicted molar refractivity (Wildman–Crippen MR) is 64.2 cm³/mol. The Morgan fingerprint density at radius 3 is 2.53 bits per heavy atom. The van der Waals surface area contributed by atoms with E-state index in [0.717, 1.165) is 18.6 Å². The van der Waals surface area contributed by atoms with Crippen molar-refractivity contribution in [3.05, 3.63) is 42.5 Å². The number of rotatable bonds is 6. The molecule has 1 unspecified atom stereocenters. The molecule has 0 spiro atoms. The highest BCUT2D eigenvalue weighted by atomic mass is 16.5. The van der Waals surface area contributed by atoms with Crippen LogP contribution in [0, 0.1) is 0 Å². The molecule has 0 aliphatic rings. The van der Waals surface area contributed by atoms with E-state index in [-0.39, 0.29) is 0 Å². The zero-order chi connectivity index (χ0) is 11.1. The minimum absolute atomic E-state index is 0.397. The van der Waals surface area contributed by atoms with Gasteiger partial charge in [-0.1, -0.05) is 18.2 Å². The molecule has 0 aliphatic carbocycles. The van der Waals surface area contributed by atoms with Gasteiger partial charge in [-0.3, -0.25) is 0 Å². The molecule has 0 amide bonds. The molecule has 1 atom stereocenters. The standard InChI is InChI=1S/C13H19NO/c1-4-5-6-13(14-2)11-7-9-12(15-3)10-8-11/h4,7-10,13-14H,1,5-6H2,2-3H3. The summed E-state index contributed by atoms with van der Waals surface area (Å²) in [5.74, 6) is 0.900. The molecule has 82 valence electrons. The molecule has 0 fully saturated rings. The fraction of sp³-hybridized carbons (Fsp3) is 0.385. The first-order valence-electron chi connectivity index (χ1n) is 5.24. The van der Waals surface area contributed by atoms with Crippen LogP contribution in [-0.4, -0.2) is 14.2 Å². The number of ether oxygens (including phenoxy) is 1. The lowest BCUT2D eigenvalue weighted by Crippen LogP contribution is -2.15. The first-order valence-corrected chi connectivity index (χ1v) is 5.24. The quantitative estimate of drug-likeness (QED) is 0.721. The zero-order valence-corrected chi connectivity index (χ0v) is 9.49. The minimum atomic E-state index is 0.397. The highest BCUT2D eigenvalue weighted by Gasteiger charge is 2.07. The second-order valence-corrected chi connectivity index (χ2v) is 3.48. The molecule has 1 aromatic carbocycles. The van der Waals surface area contributed by atoms with Crippen molar-refractivity contribution < 1.29 is 4.74 Å². The third-order valence-electron chi connectivity index (χ3n) is 2.53. The maximum atomic E-state index is 5.13. The summed E-state index contributed by atoms with van der Waals surface area (Å²) in [5.41, 5.74) is 1.29. The first kappa shape index (κ1) is 11.8. The van der Waals surface area contributed by atoms with E-state index in [2.05, 4.69) is 24.0 Å². The van der Waals surface area contributed by atoms with Crippen LogP contribution in [0.2, 0.25) is 0 Å². The van der Waals surface area contributed by atoms with Crippen molar-refractivity contribution >= 4 is 0 Å². The van der Waals surface area contributed by atoms with Crippen LogP contribution in [0.1, 0.15) is 24.4 Å². The molecule has 0 radical (unpaired) electrons. The molecule has 15 heavy (non-hydrogen) atoms. The van der Waals surface area contributed by atoms with Crippen LogP contribution in [-0.2, 0) is 0 Å². The van der Waals surface area contributed by atoms with Crippen molar-refractivity contribution in [2.24, 2.45) is 0 Å². The summed E-state index contributed by atoms with van der Waals surface area (Å²) in [7, 11) is 3.67. The summed E-state index contributed by atoms with van der Waals surface area (Å²) in [4.78, 5) is 0. The van der Waals surface area contributed by atoms with Crippen molar-refractivity contribution in [1.29, 1.82) is 0 Å². The SMILES string of the molecule is C=CCCC(NC)c1ccc(OC)cc1. The Hall–Kier alpha value is -1.28. The van der Waals surface area contributed by atoms with Crippen molar-refractivity contribution in [2.45, 2.75) is 18.9 Å². The van der Waals surface area contributed by atoms with Gasteiger partial charge in [0.05, 0.1) is 7.11 Å². The average Bonchev–Trinajstić information content (AvgIpc) is 2.31. The summed E-state index contributed by atoms with van der Waals surface area (Å²) in [6.07, 6.45) is 4.05. The molecular weight excluding hydrogens is 186 g/mol. The third kappa shape index (κ3) is 3.40. The fourth-order valence-corrected chi connectivity index (χ4v) is 1.60. The summed E-state index contributed by atoms with van der Waals surface area (Å²) in [6.45, 7) is 3.74. The Morgan fingerprint density at radius 1 is 1.40 bits per heavy atom. The van der Waals surface area contributed by atoms with Crippen molar-refractivity contribution in [2.75, 3.05) is 14.2 Å². The predicted octanol–water partition coefficient (Wildman–Crippen LogP) is 2.92. The van der Waals surface area contributed by atoms with E-state index in [1.54, 1.807) is 7.11 Å². The van der Waals surface area contributed by atoms with Crippen LogP contribution in [0.4, 0.5) is 0 Å². The molecule has 0 saturated carbocycles. The van der Waals surface area contributed by atoms with Crippen LogP contribution in [0.3, 0.4) is 0 Å². The second kappa shape index (κ2) is 6.25. The molecule has 2 nitrogen and oxygen atoms in total. The molecule has 2 heteroatoms. The van der Waals surface area contributed by atoms with E-state index >= 15 is 0 Å². The maximum Gasteiger partial charge on any atom is 0.118 e. The Bertz CT molecular complexity index is 292. The third-order valence-corrected chi connectivity index (χ3v) is 2.53. The van der Waals surface area contributed by atoms with Crippen LogP contribution in [0.25, 0.3) is 0 Å². The summed E-state index contributed by atoms with van der Waals surface area (Å²) < 4.78 is 5.13. The lowest BCUT2D eigenvalue weighted by molar-refractivity contribution is 0.414. The highest BCUT2D eigenvalue weighted by molar-refractivity contribution is 5.29. The normalized spacial score (nSPS) is 12.1. The van der Waals surface area contributed by atoms with E-state index < -0.39 is 0 Å². The minimum Gasteiger partial charge on any atom is -0.497 e. The second-order valence-electron chi connectivity index (χ2n) is 3.48. The monoisotopic (exact) mass is 205 g/mol. The lowest BCUT2D eigenvalue weighted by Gasteiger charge is -2.15. The fourth-order valence-electron chi connectivity index (χ4n) is 1.60. The molecule has 0 heterocycles. The summed E-state index contributed by atoms with van der Waals surface area (Å²) in [5, 5.41) is 3.30. The van der Waals surface area contributed by atoms with Gasteiger partial charge in [0.2, 0.25) is 0 Å². The lowest BCUT2D eigenvalue weighted by atomic mass is 10.0. The molecule has 0 bridgehead atoms. The smallest absolute Gasteiger partial charge is 0.118 e. The molecule has 0 aromatic heterocycles. The molecule has 0 aliphatic heterocycles. The van der Waals surface area contributed by atoms with Gasteiger partial charge in [-0.25, -0.2) is 0 Å². The van der Waals surface area contributed by atoms with E-state index in [0.29, 0.717) is 6.04 Å². The van der Waals surface area contributed by atoms with Crippen molar-refractivity contribution in [1.82, 2.24) is 5.32 Å². The molecule has 0 saturated heterocycles. The largest absolute Gasteiger partial charge is 0.497 e. The molecule has 1 N–H and O–H groups in total. The van der Waals surface area contributed by atoms with Gasteiger partial charge in [0, 0.05) is 6.04 Å². The summed E-state index contributed by atoms with van der Waals surface area (Å²) in [6, 6.07) is 8.58. The number of nitrogens with one attached hydrogen (secondary N) is 1. The van der Waals surface area contributed by atoms with E-state index in [1.807, 2.05) is 25.3 Å². The Kier molecular flexibility index (Phi) is 4.91. The van der Waals surface area contributed by atoms with E-state index in [4.69, 9.17) is 4.74 Å². The summed E-state index contributed by atoms with van der Waals surface area (Å²) >= 11 is 0. The first-order chi connectivity index (χ1) is 7.31. The zero-order valence-electron chi connectivity index (χ0n) is 9.49. The number of benzene rings is 1. The van der Waals surface area contributed by atoms with Gasteiger partial charge in [0.15, 0.2) is 0 Å². The Balaban J connectivity index is 2.69. The van der Waals surface area contributed by atoms with Gasteiger partial charge < -0.3 is 10.1 Å². The van der Waals surface area contributed by atoms with E-state index in [9.17, 15) is 0 Å². The maximum absolute atomic E-state index is 5.13. The van der Waals surface area contributed by atoms with Crippen molar-refractivity contribution in [3.63, 3.8) is 0 Å². The van der Waals surface area contributed by atoms with Gasteiger partial charge in [0.1, 0.15) is 5.75 Å². The van der Waals surface area contributed by atoms with E-state index in [1.165, 1.54) is 5.56 Å². The van der Waals surface area contributed by atoms with Gasteiger partial charge in [0.25, 0.3) is 0 Å². The number of hydrogen-bond donors (Lipinski definition) is 1. The molecule has 1 rings (SSSR count). The number of methoxy groups -OCH3 is 1. The Labute approximate surface area is 92.0 Å². The molecule has 1 aromatic rings. The van der Waals surface area contributed by atoms with Gasteiger partial charge >= 0.3 is 0 Å². The van der Waals surface area contributed by atoms with Gasteiger partial charge in [-0.15, -0.1) is 6.58 Å². The van der Waals surface area contributed by atoms with Crippen LogP contribution >= 0.6 is 0 Å². The topological polar surface area (TPSA) is 21.3 Å². The number of allylic oxidation sites excluding steroid dienone is 1. The van der Waals surface area contributed by atoms with Crippen LogP contribution in [0.15, 0.2) is 36.9 Å². The van der Waals surface area contributed by atoms with Crippen LogP contribution in [0.5, 0.6) is 5.75 Å². The highest BCUT2D eigenvalue weighted by Crippen LogP contribution is 2.21. The molecular formula is C13H19NO. The Morgan fingerprint density at radius 2 is 2.07 bits per heavy atom. The van der Waals surface area contributed by atoms with Crippen molar-refractivity contribution in [3.8, 4) is 5.75 Å². The average molecular weight is 205 g/mol. The number of hydrogen-bond acceptors (Lipinski definition) is 2. The van der Waals surface area contributed by atoms with Gasteiger partial charge in [-0.2, -0.15) is 0 Å².